The minimum atomic E-state index is -0.0956. The first-order chi connectivity index (χ1) is 16.1. The summed E-state index contributed by atoms with van der Waals surface area (Å²) in [5.41, 5.74) is 2.58. The Balaban J connectivity index is 1.39. The smallest absolute Gasteiger partial charge is 0.223 e. The van der Waals surface area contributed by atoms with Gasteiger partial charge in [-0.25, -0.2) is 9.97 Å². The van der Waals surface area contributed by atoms with Gasteiger partial charge in [-0.15, -0.1) is 0 Å². The predicted molar refractivity (Wildman–Crippen MR) is 126 cm³/mol. The Labute approximate surface area is 193 Å². The van der Waals surface area contributed by atoms with E-state index in [1.165, 1.54) is 0 Å². The fraction of sp³-hybridized carbons (Fsp3) is 0.480. The van der Waals surface area contributed by atoms with Crippen LogP contribution in [0.3, 0.4) is 0 Å². The van der Waals surface area contributed by atoms with Crippen LogP contribution in [0, 0.1) is 5.92 Å². The number of carbonyl (C=O) groups is 1. The number of imidazole rings is 1. The molecule has 5 rings (SSSR count). The number of benzene rings is 1. The molecule has 0 radical (unpaired) electrons. The number of para-hydroxylation sites is 1. The molecule has 2 aliphatic rings. The number of aromatic nitrogens is 3. The number of nitrogens with zero attached hydrogens (tertiary/aromatic N) is 3. The van der Waals surface area contributed by atoms with E-state index in [4.69, 9.17) is 14.5 Å². The van der Waals surface area contributed by atoms with Crippen LogP contribution in [-0.2, 0) is 9.53 Å². The van der Waals surface area contributed by atoms with Gasteiger partial charge in [0.05, 0.1) is 42.7 Å². The second-order valence-electron chi connectivity index (χ2n) is 9.01. The molecule has 2 saturated heterocycles. The Hall–Kier alpha value is -2.97. The number of carbonyl (C=O) groups excluding carboxylic acids is 1. The zero-order valence-electron chi connectivity index (χ0n) is 19.2. The Kier molecular flexibility index (Phi) is 6.28. The van der Waals surface area contributed by atoms with E-state index in [9.17, 15) is 4.79 Å². The summed E-state index contributed by atoms with van der Waals surface area (Å²) in [4.78, 5) is 27.1. The van der Waals surface area contributed by atoms with Gasteiger partial charge in [0, 0.05) is 38.0 Å². The molecule has 33 heavy (non-hydrogen) atoms. The number of aromatic amines is 1. The van der Waals surface area contributed by atoms with Crippen LogP contribution < -0.4 is 10.1 Å². The molecule has 0 spiro atoms. The molecule has 2 fully saturated rings. The van der Waals surface area contributed by atoms with E-state index in [1.54, 1.807) is 14.0 Å². The molecule has 3 aromatic rings. The highest BCUT2D eigenvalue weighted by molar-refractivity contribution is 5.85. The minimum Gasteiger partial charge on any atom is -0.480 e. The second-order valence-corrected chi connectivity index (χ2v) is 9.01. The third kappa shape index (κ3) is 4.58. The number of amides is 1. The number of piperidine rings is 1. The summed E-state index contributed by atoms with van der Waals surface area (Å²) in [6.45, 7) is 5.01. The topological polar surface area (TPSA) is 92.4 Å². The van der Waals surface area contributed by atoms with E-state index in [-0.39, 0.29) is 11.9 Å². The van der Waals surface area contributed by atoms with Gasteiger partial charge in [0.15, 0.2) is 0 Å². The molecule has 1 aromatic carbocycles. The van der Waals surface area contributed by atoms with E-state index < -0.39 is 0 Å². The fourth-order valence-electron chi connectivity index (χ4n) is 4.95. The Morgan fingerprint density at radius 1 is 1.33 bits per heavy atom. The average Bonchev–Trinajstić information content (AvgIpc) is 3.54. The first-order valence-corrected chi connectivity index (χ1v) is 11.7. The number of H-pyrrole nitrogens is 1. The summed E-state index contributed by atoms with van der Waals surface area (Å²) in [6.07, 6.45) is 4.70. The lowest BCUT2D eigenvalue weighted by molar-refractivity contribution is -0.133. The van der Waals surface area contributed by atoms with Crippen molar-refractivity contribution in [2.75, 3.05) is 33.4 Å². The number of ether oxygens (including phenoxy) is 2. The van der Waals surface area contributed by atoms with Crippen molar-refractivity contribution in [1.82, 2.24) is 25.2 Å². The van der Waals surface area contributed by atoms with Crippen LogP contribution in [0.5, 0.6) is 5.88 Å². The van der Waals surface area contributed by atoms with Crippen LogP contribution in [0.25, 0.3) is 22.2 Å². The normalized spacial score (nSPS) is 23.2. The third-order valence-electron chi connectivity index (χ3n) is 6.81. The Bertz CT molecular complexity index is 1120. The summed E-state index contributed by atoms with van der Waals surface area (Å²) < 4.78 is 11.1. The summed E-state index contributed by atoms with van der Waals surface area (Å²) in [7, 11) is 1.63. The van der Waals surface area contributed by atoms with Gasteiger partial charge in [0.25, 0.3) is 0 Å². The quantitative estimate of drug-likeness (QED) is 0.600. The van der Waals surface area contributed by atoms with Crippen molar-refractivity contribution in [2.45, 2.75) is 38.3 Å². The fourth-order valence-corrected chi connectivity index (χ4v) is 4.95. The zero-order chi connectivity index (χ0) is 22.8. The molecule has 4 heterocycles. The van der Waals surface area contributed by atoms with Gasteiger partial charge < -0.3 is 24.7 Å². The van der Waals surface area contributed by atoms with Crippen molar-refractivity contribution in [1.29, 1.82) is 0 Å². The molecular formula is C25H31N5O3. The number of likely N-dealkylation sites (tertiary alicyclic amines) is 1. The number of hydrogen-bond donors (Lipinski definition) is 2. The van der Waals surface area contributed by atoms with E-state index >= 15 is 0 Å². The molecule has 0 saturated carbocycles. The molecule has 8 heteroatoms. The van der Waals surface area contributed by atoms with E-state index in [2.05, 4.69) is 21.4 Å². The largest absolute Gasteiger partial charge is 0.480 e. The molecule has 0 bridgehead atoms. The van der Waals surface area contributed by atoms with Crippen molar-refractivity contribution in [3.8, 4) is 17.1 Å². The molecule has 2 aliphatic heterocycles. The molecule has 2 aromatic heterocycles. The number of nitrogens with one attached hydrogen (secondary N) is 2. The van der Waals surface area contributed by atoms with Crippen LogP contribution >= 0.6 is 0 Å². The third-order valence-corrected chi connectivity index (χ3v) is 6.81. The maximum atomic E-state index is 12.4. The Morgan fingerprint density at radius 2 is 2.21 bits per heavy atom. The van der Waals surface area contributed by atoms with Crippen molar-refractivity contribution in [2.24, 2.45) is 5.92 Å². The highest BCUT2D eigenvalue weighted by Crippen LogP contribution is 2.34. The van der Waals surface area contributed by atoms with Gasteiger partial charge >= 0.3 is 0 Å². The van der Waals surface area contributed by atoms with Gasteiger partial charge in [-0.05, 0) is 37.3 Å². The van der Waals surface area contributed by atoms with Crippen molar-refractivity contribution >= 4 is 16.8 Å². The van der Waals surface area contributed by atoms with Crippen LogP contribution in [0.1, 0.15) is 38.1 Å². The zero-order valence-corrected chi connectivity index (χ0v) is 19.2. The van der Waals surface area contributed by atoms with E-state index in [0.29, 0.717) is 17.8 Å². The van der Waals surface area contributed by atoms with Gasteiger partial charge in [-0.1, -0.05) is 18.2 Å². The number of fused-ring (bicyclic) bond motifs is 1. The molecule has 0 aliphatic carbocycles. The van der Waals surface area contributed by atoms with Crippen LogP contribution in [0.15, 0.2) is 36.5 Å². The van der Waals surface area contributed by atoms with E-state index in [1.807, 2.05) is 35.4 Å². The summed E-state index contributed by atoms with van der Waals surface area (Å²) in [5, 5.41) is 4.74. The average molecular weight is 450 g/mol. The molecule has 1 unspecified atom stereocenters. The van der Waals surface area contributed by atoms with Gasteiger partial charge in [0.1, 0.15) is 5.82 Å². The lowest BCUT2D eigenvalue weighted by Gasteiger charge is -2.38. The highest BCUT2D eigenvalue weighted by Gasteiger charge is 2.33. The van der Waals surface area contributed by atoms with Crippen LogP contribution in [0.4, 0.5) is 0 Å². The summed E-state index contributed by atoms with van der Waals surface area (Å²) in [5.74, 6) is 2.00. The molecule has 2 N–H and O–H groups in total. The van der Waals surface area contributed by atoms with Crippen molar-refractivity contribution < 1.29 is 14.3 Å². The van der Waals surface area contributed by atoms with Gasteiger partial charge in [-0.3, -0.25) is 4.79 Å². The lowest BCUT2D eigenvalue weighted by Crippen LogP contribution is -2.47. The first-order valence-electron chi connectivity index (χ1n) is 11.7. The monoisotopic (exact) mass is 449 g/mol. The number of hydrogen-bond acceptors (Lipinski definition) is 6. The number of rotatable bonds is 6. The maximum Gasteiger partial charge on any atom is 0.223 e. The van der Waals surface area contributed by atoms with Crippen molar-refractivity contribution in [3.05, 3.63) is 42.4 Å². The van der Waals surface area contributed by atoms with Crippen LogP contribution in [0.2, 0.25) is 0 Å². The molecule has 174 valence electrons. The molecule has 8 nitrogen and oxygen atoms in total. The standard InChI is InChI=1S/C25H31N5O3/c1-16(31)30-9-7-19(26-13-17-8-10-33-15-17)12-23(30)24-27-14-22(28-24)20-11-18-5-3-4-6-21(18)29-25(20)32-2/h3-6,11,14,17,19,23,26H,7-10,12-13,15H2,1-2H3,(H,27,28)/t17?,19-,23-/m0/s1. The van der Waals surface area contributed by atoms with Gasteiger partial charge in [0.2, 0.25) is 11.8 Å². The maximum absolute atomic E-state index is 12.4. The van der Waals surface area contributed by atoms with Crippen LogP contribution in [-0.4, -0.2) is 65.2 Å². The molecule has 3 atom stereocenters. The van der Waals surface area contributed by atoms with E-state index in [0.717, 1.165) is 73.6 Å². The SMILES string of the molecule is COc1nc2ccccc2cc1-c1cnc([C@@H]2C[C@@H](NCC3CCOC3)CCN2C(C)=O)[nH]1. The molecule has 1 amide bonds. The number of pyridine rings is 1. The highest BCUT2D eigenvalue weighted by atomic mass is 16.5. The summed E-state index contributed by atoms with van der Waals surface area (Å²) >= 11 is 0. The van der Waals surface area contributed by atoms with Crippen molar-refractivity contribution in [3.63, 3.8) is 0 Å². The number of methoxy groups -OCH3 is 1. The Morgan fingerprint density at radius 3 is 3.00 bits per heavy atom. The predicted octanol–water partition coefficient (Wildman–Crippen LogP) is 3.31. The lowest BCUT2D eigenvalue weighted by atomic mass is 9.95. The summed E-state index contributed by atoms with van der Waals surface area (Å²) in [6, 6.07) is 10.3. The van der Waals surface area contributed by atoms with Gasteiger partial charge in [-0.2, -0.15) is 0 Å². The minimum absolute atomic E-state index is 0.0746. The second kappa shape index (κ2) is 9.49. The first kappa shape index (κ1) is 21.9. The molecular weight excluding hydrogens is 418 g/mol.